The zero-order valence-corrected chi connectivity index (χ0v) is 15.7. The molecule has 5 heteroatoms. The summed E-state index contributed by atoms with van der Waals surface area (Å²) in [7, 11) is 0. The van der Waals surface area contributed by atoms with Crippen LogP contribution in [0.5, 0.6) is 0 Å². The molecule has 0 bridgehead atoms. The number of hydrogen-bond acceptors (Lipinski definition) is 2. The largest absolute Gasteiger partial charge is 0.318 e. The third-order valence-electron chi connectivity index (χ3n) is 4.28. The summed E-state index contributed by atoms with van der Waals surface area (Å²) in [6, 6.07) is 19.2. The number of benzene rings is 2. The van der Waals surface area contributed by atoms with Gasteiger partial charge in [0, 0.05) is 27.7 Å². The molecule has 0 radical (unpaired) electrons. The summed E-state index contributed by atoms with van der Waals surface area (Å²) in [4.78, 5) is 12.6. The first kappa shape index (κ1) is 18.0. The number of rotatable bonds is 4. The van der Waals surface area contributed by atoms with E-state index in [1.807, 2.05) is 75.4 Å². The highest BCUT2D eigenvalue weighted by Crippen LogP contribution is 2.21. The number of aryl methyl sites for hydroxylation is 1. The number of nitrogens with zero attached hydrogens (tertiary/aromatic N) is 2. The lowest BCUT2D eigenvalue weighted by Crippen LogP contribution is -2.20. The van der Waals surface area contributed by atoms with E-state index in [-0.39, 0.29) is 5.91 Å². The minimum atomic E-state index is -0.244. The summed E-state index contributed by atoms with van der Waals surface area (Å²) in [5.41, 5.74) is 7.57. The molecule has 2 aromatic carbocycles. The molecule has 0 aliphatic carbocycles. The van der Waals surface area contributed by atoms with Gasteiger partial charge in [-0.2, -0.15) is 5.10 Å². The first-order valence-electron chi connectivity index (χ1n) is 8.33. The Morgan fingerprint density at radius 2 is 1.65 bits per heavy atom. The lowest BCUT2D eigenvalue weighted by Gasteiger charge is -2.09. The van der Waals surface area contributed by atoms with Crippen molar-refractivity contribution in [2.45, 2.75) is 20.8 Å². The van der Waals surface area contributed by atoms with Crippen molar-refractivity contribution >= 4 is 23.2 Å². The molecule has 26 heavy (non-hydrogen) atoms. The number of aromatic nitrogens is 1. The van der Waals surface area contributed by atoms with Gasteiger partial charge in [-0.15, -0.1) is 0 Å². The molecule has 4 nitrogen and oxygen atoms in total. The van der Waals surface area contributed by atoms with E-state index in [0.29, 0.717) is 16.3 Å². The smallest absolute Gasteiger partial charge is 0.273 e. The molecule has 0 saturated heterocycles. The fourth-order valence-corrected chi connectivity index (χ4v) is 3.25. The van der Waals surface area contributed by atoms with Gasteiger partial charge in [0.15, 0.2) is 0 Å². The van der Waals surface area contributed by atoms with Crippen LogP contribution in [0.4, 0.5) is 0 Å². The zero-order chi connectivity index (χ0) is 18.7. The minimum Gasteiger partial charge on any atom is -0.318 e. The lowest BCUT2D eigenvalue weighted by atomic mass is 10.1. The molecule has 3 aromatic rings. The van der Waals surface area contributed by atoms with Gasteiger partial charge in [-0.1, -0.05) is 48.0 Å². The van der Waals surface area contributed by atoms with E-state index in [1.54, 1.807) is 6.07 Å². The maximum Gasteiger partial charge on any atom is 0.273 e. The quantitative estimate of drug-likeness (QED) is 0.518. The topological polar surface area (TPSA) is 46.4 Å². The van der Waals surface area contributed by atoms with Crippen LogP contribution in [0.1, 0.15) is 34.2 Å². The predicted molar refractivity (Wildman–Crippen MR) is 106 cm³/mol. The summed E-state index contributed by atoms with van der Waals surface area (Å²) >= 11 is 6.17. The molecule has 3 rings (SSSR count). The fraction of sp³-hybridized carbons (Fsp3) is 0.143. The van der Waals surface area contributed by atoms with Crippen molar-refractivity contribution in [3.05, 3.63) is 88.2 Å². The monoisotopic (exact) mass is 365 g/mol. The highest BCUT2D eigenvalue weighted by atomic mass is 35.5. The Morgan fingerprint density at radius 3 is 2.35 bits per heavy atom. The van der Waals surface area contributed by atoms with Crippen LogP contribution in [0.25, 0.3) is 5.69 Å². The number of para-hydroxylation sites is 1. The number of carbonyl (C=O) groups excluding carboxylic acids is 1. The first-order chi connectivity index (χ1) is 12.5. The molecule has 1 heterocycles. The van der Waals surface area contributed by atoms with Gasteiger partial charge in [-0.25, -0.2) is 5.43 Å². The minimum absolute atomic E-state index is 0.244. The molecule has 0 atom stereocenters. The van der Waals surface area contributed by atoms with E-state index in [1.165, 1.54) is 0 Å². The van der Waals surface area contributed by atoms with Crippen LogP contribution in [0.3, 0.4) is 0 Å². The van der Waals surface area contributed by atoms with Gasteiger partial charge < -0.3 is 4.57 Å². The van der Waals surface area contributed by atoms with Crippen molar-refractivity contribution in [1.29, 1.82) is 0 Å². The summed E-state index contributed by atoms with van der Waals surface area (Å²) < 4.78 is 2.06. The second-order valence-corrected chi connectivity index (χ2v) is 6.48. The van der Waals surface area contributed by atoms with Crippen molar-refractivity contribution < 1.29 is 4.79 Å². The molecule has 1 amide bonds. The molecule has 1 N–H and O–H groups in total. The third kappa shape index (κ3) is 3.55. The molecule has 132 valence electrons. The average molecular weight is 366 g/mol. The zero-order valence-electron chi connectivity index (χ0n) is 15.0. The van der Waals surface area contributed by atoms with Gasteiger partial charge in [-0.05, 0) is 45.0 Å². The SMILES string of the molecule is C/C(=N/NC(=O)c1cc(C)n(-c2ccccc2)c1C)c1ccccc1Cl. The standard InChI is InChI=1S/C21H20ClN3O/c1-14-13-19(16(3)25(14)17-9-5-4-6-10-17)21(26)24-23-15(2)18-11-7-8-12-20(18)22/h4-13H,1-3H3,(H,24,26)/b23-15-. The molecule has 0 aliphatic rings. The van der Waals surface area contributed by atoms with Crippen molar-refractivity contribution in [3.8, 4) is 5.69 Å². The average Bonchev–Trinajstić information content (AvgIpc) is 2.95. The van der Waals surface area contributed by atoms with Crippen molar-refractivity contribution in [2.75, 3.05) is 0 Å². The Hall–Kier alpha value is -2.85. The van der Waals surface area contributed by atoms with Crippen LogP contribution in [-0.2, 0) is 0 Å². The van der Waals surface area contributed by atoms with Crippen LogP contribution in [0, 0.1) is 13.8 Å². The summed E-state index contributed by atoms with van der Waals surface area (Å²) in [5, 5.41) is 4.81. The predicted octanol–water partition coefficient (Wildman–Crippen LogP) is 4.90. The van der Waals surface area contributed by atoms with E-state index in [2.05, 4.69) is 15.1 Å². The van der Waals surface area contributed by atoms with Crippen LogP contribution >= 0.6 is 11.6 Å². The molecule has 0 aliphatic heterocycles. The Morgan fingerprint density at radius 1 is 1.00 bits per heavy atom. The van der Waals surface area contributed by atoms with E-state index >= 15 is 0 Å². The molecule has 0 fully saturated rings. The number of hydrogen-bond donors (Lipinski definition) is 1. The van der Waals surface area contributed by atoms with Crippen LogP contribution in [-0.4, -0.2) is 16.2 Å². The summed E-state index contributed by atoms with van der Waals surface area (Å²) in [5.74, 6) is -0.244. The molecule has 0 saturated carbocycles. The van der Waals surface area contributed by atoms with Crippen molar-refractivity contribution in [1.82, 2.24) is 9.99 Å². The Balaban J connectivity index is 1.85. The number of nitrogens with one attached hydrogen (secondary N) is 1. The fourth-order valence-electron chi connectivity index (χ4n) is 2.98. The van der Waals surface area contributed by atoms with E-state index in [9.17, 15) is 4.79 Å². The normalized spacial score (nSPS) is 11.5. The number of hydrazone groups is 1. The van der Waals surface area contributed by atoms with Gasteiger partial charge in [0.2, 0.25) is 0 Å². The second-order valence-electron chi connectivity index (χ2n) is 6.07. The first-order valence-corrected chi connectivity index (χ1v) is 8.70. The number of halogens is 1. The summed E-state index contributed by atoms with van der Waals surface area (Å²) in [6.07, 6.45) is 0. The van der Waals surface area contributed by atoms with Gasteiger partial charge in [0.25, 0.3) is 5.91 Å². The Kier molecular flexibility index (Phi) is 5.24. The maximum absolute atomic E-state index is 12.6. The van der Waals surface area contributed by atoms with Crippen LogP contribution in [0.2, 0.25) is 5.02 Å². The van der Waals surface area contributed by atoms with E-state index in [0.717, 1.165) is 22.6 Å². The van der Waals surface area contributed by atoms with Crippen molar-refractivity contribution in [3.63, 3.8) is 0 Å². The third-order valence-corrected chi connectivity index (χ3v) is 4.61. The summed E-state index contributed by atoms with van der Waals surface area (Å²) in [6.45, 7) is 5.73. The Bertz CT molecular complexity index is 974. The maximum atomic E-state index is 12.6. The Labute approximate surface area is 158 Å². The van der Waals surface area contributed by atoms with E-state index in [4.69, 9.17) is 11.6 Å². The van der Waals surface area contributed by atoms with E-state index < -0.39 is 0 Å². The van der Waals surface area contributed by atoms with Gasteiger partial charge >= 0.3 is 0 Å². The van der Waals surface area contributed by atoms with Crippen molar-refractivity contribution in [2.24, 2.45) is 5.10 Å². The molecule has 0 unspecified atom stereocenters. The van der Waals surface area contributed by atoms with Gasteiger partial charge in [0.05, 0.1) is 11.3 Å². The highest BCUT2D eigenvalue weighted by Gasteiger charge is 2.16. The van der Waals surface area contributed by atoms with Gasteiger partial charge in [0.1, 0.15) is 0 Å². The lowest BCUT2D eigenvalue weighted by molar-refractivity contribution is 0.0954. The highest BCUT2D eigenvalue weighted by molar-refractivity contribution is 6.34. The number of carbonyl (C=O) groups is 1. The molecule has 0 spiro atoms. The molecular weight excluding hydrogens is 346 g/mol. The van der Waals surface area contributed by atoms with Gasteiger partial charge in [-0.3, -0.25) is 4.79 Å². The molecular formula is C21H20ClN3O. The second kappa shape index (κ2) is 7.58. The van der Waals surface area contributed by atoms with Crippen LogP contribution < -0.4 is 5.43 Å². The number of amides is 1. The van der Waals surface area contributed by atoms with Crippen LogP contribution in [0.15, 0.2) is 65.8 Å². The molecule has 1 aromatic heterocycles.